The minimum absolute atomic E-state index is 0.200. The lowest BCUT2D eigenvalue weighted by atomic mass is 10.1. The maximum absolute atomic E-state index is 13.4. The Labute approximate surface area is 221 Å². The lowest BCUT2D eigenvalue weighted by Crippen LogP contribution is -2.68. The van der Waals surface area contributed by atoms with Crippen LogP contribution in [0.25, 0.3) is 0 Å². The lowest BCUT2D eigenvalue weighted by Gasteiger charge is -2.45. The molecule has 1 unspecified atom stereocenters. The van der Waals surface area contributed by atoms with Crippen molar-refractivity contribution in [3.63, 3.8) is 0 Å². The van der Waals surface area contributed by atoms with Gasteiger partial charge in [0.15, 0.2) is 0 Å². The zero-order valence-electron chi connectivity index (χ0n) is 20.5. The van der Waals surface area contributed by atoms with Crippen LogP contribution in [0, 0.1) is 0 Å². The number of aliphatic hydroxyl groups is 2. The van der Waals surface area contributed by atoms with E-state index in [0.717, 1.165) is 15.3 Å². The van der Waals surface area contributed by atoms with E-state index in [1.54, 1.807) is 0 Å². The molecule has 0 bridgehead atoms. The van der Waals surface area contributed by atoms with Crippen molar-refractivity contribution in [3.8, 4) is 0 Å². The predicted octanol–water partition coefficient (Wildman–Crippen LogP) is 4.25. The molecule has 3 aromatic carbocycles. The van der Waals surface area contributed by atoms with Crippen LogP contribution >= 0.6 is 15.9 Å². The Morgan fingerprint density at radius 1 is 0.886 bits per heavy atom. The van der Waals surface area contributed by atoms with Gasteiger partial charge in [0.1, 0.15) is 0 Å². The molecule has 0 saturated heterocycles. The molecule has 7 heteroatoms. The van der Waals surface area contributed by atoms with Crippen molar-refractivity contribution >= 4 is 45.4 Å². The quantitative estimate of drug-likeness (QED) is 0.265. The minimum Gasteiger partial charge on any atom is -0.403 e. The van der Waals surface area contributed by atoms with Crippen molar-refractivity contribution in [1.29, 1.82) is 0 Å². The molecule has 35 heavy (non-hydrogen) atoms. The zero-order chi connectivity index (χ0) is 25.5. The standard InChI is InChI=1S/C28H35BrO4SSi/c1-28(2,3)35(24-15-9-5-10-16-24,25-17-11-6-12-18-25)33-22(19-27(31)26(29)20-30)21-34(32)23-13-7-4-8-14-23/h4-18,22,26-27,30-31H,19-21H2,1-3H3/t22-,26-,27+,34?/m0/s1. The third-order valence-corrected chi connectivity index (χ3v) is 13.7. The fraction of sp³-hybridized carbons (Fsp3) is 0.357. The van der Waals surface area contributed by atoms with Gasteiger partial charge in [-0.1, -0.05) is 116 Å². The van der Waals surface area contributed by atoms with E-state index in [-0.39, 0.29) is 23.8 Å². The molecule has 188 valence electrons. The number of aliphatic hydroxyl groups excluding tert-OH is 2. The second-order valence-corrected chi connectivity index (χ2v) is 16.7. The summed E-state index contributed by atoms with van der Waals surface area (Å²) in [5, 5.41) is 22.4. The molecule has 0 aliphatic rings. The lowest BCUT2D eigenvalue weighted by molar-refractivity contribution is 0.0857. The van der Waals surface area contributed by atoms with Gasteiger partial charge in [0.2, 0.25) is 0 Å². The molecular weight excluding hydrogens is 540 g/mol. The Kier molecular flexibility index (Phi) is 10.0. The Morgan fingerprint density at radius 2 is 1.34 bits per heavy atom. The first-order chi connectivity index (χ1) is 16.7. The SMILES string of the molecule is CC(C)(C)[Si](O[C@@H](C[C@@H](O)[C@@H](Br)CO)CS(=O)c1ccccc1)(c1ccccc1)c1ccccc1. The van der Waals surface area contributed by atoms with Crippen LogP contribution in [-0.4, -0.2) is 52.1 Å². The van der Waals surface area contributed by atoms with Gasteiger partial charge in [0, 0.05) is 11.3 Å². The molecule has 0 radical (unpaired) electrons. The second-order valence-electron chi connectivity index (χ2n) is 9.73. The number of hydrogen-bond donors (Lipinski definition) is 2. The van der Waals surface area contributed by atoms with Gasteiger partial charge in [-0.25, -0.2) is 0 Å². The highest BCUT2D eigenvalue weighted by Crippen LogP contribution is 2.38. The van der Waals surface area contributed by atoms with E-state index in [9.17, 15) is 14.4 Å². The summed E-state index contributed by atoms with van der Waals surface area (Å²) in [7, 11) is -4.23. The fourth-order valence-electron chi connectivity index (χ4n) is 4.47. The Balaban J connectivity index is 2.10. The van der Waals surface area contributed by atoms with E-state index in [4.69, 9.17) is 4.43 Å². The summed E-state index contributed by atoms with van der Waals surface area (Å²) in [5.74, 6) is 0.247. The van der Waals surface area contributed by atoms with E-state index in [1.165, 1.54) is 0 Å². The summed E-state index contributed by atoms with van der Waals surface area (Å²) < 4.78 is 20.6. The van der Waals surface area contributed by atoms with E-state index >= 15 is 0 Å². The summed E-state index contributed by atoms with van der Waals surface area (Å²) in [6.07, 6.45) is -1.10. The molecule has 4 nitrogen and oxygen atoms in total. The van der Waals surface area contributed by atoms with Crippen LogP contribution in [0.1, 0.15) is 27.2 Å². The molecule has 0 aromatic heterocycles. The summed E-state index contributed by atoms with van der Waals surface area (Å²) in [6, 6.07) is 29.9. The second kappa shape index (κ2) is 12.6. The highest BCUT2D eigenvalue weighted by Gasteiger charge is 2.51. The Bertz CT molecular complexity index is 1020. The molecule has 0 spiro atoms. The fourth-order valence-corrected chi connectivity index (χ4v) is 10.7. The van der Waals surface area contributed by atoms with E-state index < -0.39 is 36.2 Å². The molecular formula is C28H35BrO4SSi. The van der Waals surface area contributed by atoms with Gasteiger partial charge in [0.25, 0.3) is 8.32 Å². The smallest absolute Gasteiger partial charge is 0.261 e. The summed E-state index contributed by atoms with van der Waals surface area (Å²) in [4.78, 5) is 0.244. The van der Waals surface area contributed by atoms with Crippen molar-refractivity contribution in [2.45, 2.75) is 54.2 Å². The largest absolute Gasteiger partial charge is 0.403 e. The topological polar surface area (TPSA) is 66.8 Å². The van der Waals surface area contributed by atoms with E-state index in [2.05, 4.69) is 61.0 Å². The van der Waals surface area contributed by atoms with Gasteiger partial charge in [-0.05, 0) is 27.5 Å². The van der Waals surface area contributed by atoms with Gasteiger partial charge in [-0.2, -0.15) is 0 Å². The maximum Gasteiger partial charge on any atom is 0.261 e. The summed E-state index contributed by atoms with van der Waals surface area (Å²) in [6.45, 7) is 6.39. The van der Waals surface area contributed by atoms with Gasteiger partial charge in [-0.3, -0.25) is 4.21 Å². The Morgan fingerprint density at radius 3 is 1.77 bits per heavy atom. The maximum atomic E-state index is 13.4. The molecule has 0 heterocycles. The third-order valence-electron chi connectivity index (χ3n) is 6.20. The van der Waals surface area contributed by atoms with Crippen LogP contribution in [0.3, 0.4) is 0 Å². The number of hydrogen-bond acceptors (Lipinski definition) is 4. The van der Waals surface area contributed by atoms with Crippen LogP contribution in [-0.2, 0) is 15.2 Å². The molecule has 0 aliphatic carbocycles. The summed E-state index contributed by atoms with van der Waals surface area (Å²) >= 11 is 3.37. The first kappa shape index (κ1) is 28.0. The van der Waals surface area contributed by atoms with Crippen LogP contribution < -0.4 is 10.4 Å². The number of halogens is 1. The van der Waals surface area contributed by atoms with Crippen LogP contribution in [0.15, 0.2) is 95.9 Å². The minimum atomic E-state index is -2.92. The monoisotopic (exact) mass is 574 g/mol. The molecule has 0 aliphatic heterocycles. The molecule has 2 N–H and O–H groups in total. The van der Waals surface area contributed by atoms with Gasteiger partial charge in [0.05, 0.1) is 40.2 Å². The highest BCUT2D eigenvalue weighted by molar-refractivity contribution is 9.09. The molecule has 3 aromatic rings. The highest BCUT2D eigenvalue weighted by atomic mass is 79.9. The van der Waals surface area contributed by atoms with Gasteiger partial charge >= 0.3 is 0 Å². The molecule has 0 saturated carbocycles. The van der Waals surface area contributed by atoms with E-state index in [0.29, 0.717) is 0 Å². The van der Waals surface area contributed by atoms with Crippen molar-refractivity contribution in [1.82, 2.24) is 0 Å². The number of rotatable bonds is 11. The number of alkyl halides is 1. The zero-order valence-corrected chi connectivity index (χ0v) is 23.9. The van der Waals surface area contributed by atoms with Crippen molar-refractivity contribution in [2.24, 2.45) is 0 Å². The Hall–Kier alpha value is -1.61. The predicted molar refractivity (Wildman–Crippen MR) is 151 cm³/mol. The average Bonchev–Trinajstić information content (AvgIpc) is 2.87. The van der Waals surface area contributed by atoms with Crippen LogP contribution in [0.5, 0.6) is 0 Å². The molecule has 3 rings (SSSR count). The van der Waals surface area contributed by atoms with Crippen LogP contribution in [0.4, 0.5) is 0 Å². The van der Waals surface area contributed by atoms with Crippen LogP contribution in [0.2, 0.25) is 5.04 Å². The van der Waals surface area contributed by atoms with Crippen molar-refractivity contribution in [3.05, 3.63) is 91.0 Å². The molecule has 0 amide bonds. The number of benzene rings is 3. The summed E-state index contributed by atoms with van der Waals surface area (Å²) in [5.41, 5.74) is 0. The van der Waals surface area contributed by atoms with Crippen molar-refractivity contribution in [2.75, 3.05) is 12.4 Å². The molecule has 4 atom stereocenters. The van der Waals surface area contributed by atoms with Gasteiger partial charge < -0.3 is 14.6 Å². The molecule has 0 fully saturated rings. The van der Waals surface area contributed by atoms with Crippen molar-refractivity contribution < 1.29 is 18.8 Å². The first-order valence-electron chi connectivity index (χ1n) is 11.8. The third kappa shape index (κ3) is 6.79. The normalized spacial score (nSPS) is 15.8. The first-order valence-corrected chi connectivity index (χ1v) is 16.0. The van der Waals surface area contributed by atoms with Gasteiger partial charge in [-0.15, -0.1) is 0 Å². The van der Waals surface area contributed by atoms with E-state index in [1.807, 2.05) is 66.7 Å². The average molecular weight is 576 g/mol.